The molecule has 2 aromatic rings. The predicted octanol–water partition coefficient (Wildman–Crippen LogP) is 4.05. The van der Waals surface area contributed by atoms with Crippen LogP contribution in [0.5, 0.6) is 5.75 Å². The smallest absolute Gasteiger partial charge is 0.223 e. The van der Waals surface area contributed by atoms with Gasteiger partial charge in [0.2, 0.25) is 11.8 Å². The minimum absolute atomic E-state index is 0.0299. The topological polar surface area (TPSA) is 127 Å². The second-order valence-corrected chi connectivity index (χ2v) is 12.0. The molecule has 0 aliphatic carbocycles. The van der Waals surface area contributed by atoms with Crippen LogP contribution in [0.4, 0.5) is 0 Å². The maximum absolute atomic E-state index is 13.8. The average molecular weight is 538 g/mol. The first kappa shape index (κ1) is 30.2. The molecule has 2 heterocycles. The van der Waals surface area contributed by atoms with Gasteiger partial charge in [-0.3, -0.25) is 19.3 Å². The van der Waals surface area contributed by atoms with Crippen molar-refractivity contribution in [1.29, 1.82) is 5.26 Å². The zero-order valence-corrected chi connectivity index (χ0v) is 24.3. The Morgan fingerprint density at radius 3 is 2.56 bits per heavy atom. The van der Waals surface area contributed by atoms with Crippen molar-refractivity contribution >= 4 is 28.5 Å². The fourth-order valence-electron chi connectivity index (χ4n) is 5.25. The van der Waals surface area contributed by atoms with Crippen LogP contribution in [0.3, 0.4) is 0 Å². The Morgan fingerprint density at radius 1 is 1.28 bits per heavy atom. The Morgan fingerprint density at radius 2 is 2.00 bits per heavy atom. The van der Waals surface area contributed by atoms with Crippen LogP contribution in [-0.2, 0) is 9.59 Å². The zero-order chi connectivity index (χ0) is 28.9. The van der Waals surface area contributed by atoms with E-state index in [2.05, 4.69) is 21.7 Å². The van der Waals surface area contributed by atoms with E-state index in [4.69, 9.17) is 4.74 Å². The molecule has 1 aromatic carbocycles. The highest BCUT2D eigenvalue weighted by molar-refractivity contribution is 6.02. The minimum atomic E-state index is -0.640. The molecule has 4 atom stereocenters. The van der Waals surface area contributed by atoms with E-state index in [-0.39, 0.29) is 41.4 Å². The van der Waals surface area contributed by atoms with Crippen LogP contribution in [0.25, 0.3) is 10.9 Å². The number of fused-ring (bicyclic) bond motifs is 1. The van der Waals surface area contributed by atoms with Crippen LogP contribution in [0.1, 0.15) is 70.8 Å². The average Bonchev–Trinajstić information content (AvgIpc) is 3.49. The molecule has 0 spiro atoms. The summed E-state index contributed by atoms with van der Waals surface area (Å²) in [5.41, 5.74) is 0.891. The van der Waals surface area contributed by atoms with Gasteiger partial charge in [0.15, 0.2) is 5.78 Å². The quantitative estimate of drug-likeness (QED) is 0.351. The number of rotatable bonds is 12. The summed E-state index contributed by atoms with van der Waals surface area (Å²) in [6.45, 7) is 10.7. The van der Waals surface area contributed by atoms with Gasteiger partial charge in [-0.05, 0) is 71.2 Å². The molecule has 0 bridgehead atoms. The Balaban J connectivity index is 1.85. The second kappa shape index (κ2) is 12.6. The Hall–Kier alpha value is -3.38. The molecule has 1 unspecified atom stereocenters. The maximum Gasteiger partial charge on any atom is 0.223 e. The van der Waals surface area contributed by atoms with E-state index >= 15 is 0 Å². The lowest BCUT2D eigenvalue weighted by atomic mass is 9.88. The number of H-pyrrole nitrogens is 1. The molecule has 39 heavy (non-hydrogen) atoms. The standard InChI is InChI=1S/C30H43N5O4/c1-18(2)13-20(15-26(36)24-16-21-22(33-24)9-8-10-27(21)39-7)29(38)34-23(14-19-11-12-32-28(19)37)25(17-31)35(6)30(3,4)5/h8-10,16,18-20,23,25,33H,11-15H2,1-7H3,(H,32,37)(H,34,38)/t19-,20+,23-,25?/m0/s1. The van der Waals surface area contributed by atoms with Gasteiger partial charge in [0.1, 0.15) is 11.8 Å². The van der Waals surface area contributed by atoms with Gasteiger partial charge in [0.25, 0.3) is 0 Å². The van der Waals surface area contributed by atoms with Crippen LogP contribution in [0.2, 0.25) is 0 Å². The third-order valence-electron chi connectivity index (χ3n) is 7.72. The SMILES string of the molecule is COc1cccc2[nH]c(C(=O)C[C@@H](CC(C)C)C(=O)N[C@@H](C[C@@H]3CCNC3=O)C(C#N)N(C)C(C)(C)C)cc12. The molecule has 0 radical (unpaired) electrons. The number of hydrogen-bond acceptors (Lipinski definition) is 6. The summed E-state index contributed by atoms with van der Waals surface area (Å²) in [5.74, 6) is -0.479. The van der Waals surface area contributed by atoms with Gasteiger partial charge in [-0.1, -0.05) is 19.9 Å². The first-order chi connectivity index (χ1) is 18.3. The number of benzene rings is 1. The minimum Gasteiger partial charge on any atom is -0.496 e. The van der Waals surface area contributed by atoms with Crippen molar-refractivity contribution in [2.75, 3.05) is 20.7 Å². The molecule has 9 nitrogen and oxygen atoms in total. The molecule has 9 heteroatoms. The van der Waals surface area contributed by atoms with Crippen LogP contribution in [0.15, 0.2) is 24.3 Å². The summed E-state index contributed by atoms with van der Waals surface area (Å²) in [6.07, 6.45) is 1.58. The van der Waals surface area contributed by atoms with E-state index in [0.717, 1.165) is 10.9 Å². The highest BCUT2D eigenvalue weighted by Crippen LogP contribution is 2.28. The lowest BCUT2D eigenvalue weighted by Crippen LogP contribution is -2.56. The van der Waals surface area contributed by atoms with Crippen molar-refractivity contribution in [3.05, 3.63) is 30.0 Å². The van der Waals surface area contributed by atoms with Crippen molar-refractivity contribution in [2.24, 2.45) is 17.8 Å². The number of aromatic nitrogens is 1. The Labute approximate surface area is 231 Å². The fraction of sp³-hybridized carbons (Fsp3) is 0.600. The van der Waals surface area contributed by atoms with Gasteiger partial charge >= 0.3 is 0 Å². The number of amides is 2. The number of nitriles is 1. The van der Waals surface area contributed by atoms with E-state index in [0.29, 0.717) is 37.3 Å². The zero-order valence-electron chi connectivity index (χ0n) is 24.3. The highest BCUT2D eigenvalue weighted by atomic mass is 16.5. The molecular formula is C30H43N5O4. The molecule has 1 aliphatic heterocycles. The maximum atomic E-state index is 13.8. The number of likely N-dealkylation sites (N-methyl/N-ethyl adjacent to an activating group) is 1. The van der Waals surface area contributed by atoms with Crippen LogP contribution in [0, 0.1) is 29.1 Å². The number of nitrogens with one attached hydrogen (secondary N) is 3. The summed E-state index contributed by atoms with van der Waals surface area (Å²) >= 11 is 0. The summed E-state index contributed by atoms with van der Waals surface area (Å²) in [6, 6.07) is 8.50. The third-order valence-corrected chi connectivity index (χ3v) is 7.72. The van der Waals surface area contributed by atoms with Crippen LogP contribution < -0.4 is 15.4 Å². The fourth-order valence-corrected chi connectivity index (χ4v) is 5.25. The largest absolute Gasteiger partial charge is 0.496 e. The van der Waals surface area contributed by atoms with E-state index in [1.807, 2.05) is 64.8 Å². The van der Waals surface area contributed by atoms with E-state index in [9.17, 15) is 19.6 Å². The van der Waals surface area contributed by atoms with Crippen molar-refractivity contribution < 1.29 is 19.1 Å². The normalized spacial score (nSPS) is 18.1. The van der Waals surface area contributed by atoms with E-state index in [1.54, 1.807) is 13.2 Å². The highest BCUT2D eigenvalue weighted by Gasteiger charge is 2.38. The first-order valence-corrected chi connectivity index (χ1v) is 13.7. The number of carbonyl (C=O) groups excluding carboxylic acids is 3. The van der Waals surface area contributed by atoms with Gasteiger partial charge in [0.05, 0.1) is 24.9 Å². The molecule has 1 aromatic heterocycles. The van der Waals surface area contributed by atoms with Crippen molar-refractivity contribution in [3.63, 3.8) is 0 Å². The second-order valence-electron chi connectivity index (χ2n) is 12.0. The van der Waals surface area contributed by atoms with E-state index in [1.165, 1.54) is 0 Å². The van der Waals surface area contributed by atoms with Gasteiger partial charge in [0, 0.05) is 41.2 Å². The first-order valence-electron chi connectivity index (χ1n) is 13.7. The molecule has 1 aliphatic rings. The lowest BCUT2D eigenvalue weighted by molar-refractivity contribution is -0.128. The van der Waals surface area contributed by atoms with Crippen LogP contribution in [-0.4, -0.2) is 65.8 Å². The third kappa shape index (κ3) is 7.39. The molecule has 212 valence electrons. The predicted molar refractivity (Wildman–Crippen MR) is 151 cm³/mol. The Kier molecular flexibility index (Phi) is 9.78. The molecule has 2 amide bonds. The number of carbonyl (C=O) groups is 3. The van der Waals surface area contributed by atoms with Gasteiger partial charge < -0.3 is 20.4 Å². The summed E-state index contributed by atoms with van der Waals surface area (Å²) in [5, 5.41) is 16.9. The summed E-state index contributed by atoms with van der Waals surface area (Å²) in [4.78, 5) is 44.6. The Bertz CT molecular complexity index is 1220. The van der Waals surface area contributed by atoms with Crippen molar-refractivity contribution in [2.45, 2.75) is 77.9 Å². The molecule has 3 rings (SSSR count). The van der Waals surface area contributed by atoms with Gasteiger partial charge in [-0.15, -0.1) is 0 Å². The molecule has 1 saturated heterocycles. The number of Topliss-reactive ketones (excluding diaryl/α,β-unsaturated/α-hetero) is 1. The molecule has 0 saturated carbocycles. The van der Waals surface area contributed by atoms with E-state index < -0.39 is 18.0 Å². The number of hydrogen-bond donors (Lipinski definition) is 3. The number of aromatic amines is 1. The summed E-state index contributed by atoms with van der Waals surface area (Å²) < 4.78 is 5.42. The lowest BCUT2D eigenvalue weighted by Gasteiger charge is -2.40. The van der Waals surface area contributed by atoms with Gasteiger partial charge in [-0.2, -0.15) is 5.26 Å². The number of ketones is 1. The number of ether oxygens (including phenoxy) is 1. The van der Waals surface area contributed by atoms with Gasteiger partial charge in [-0.25, -0.2) is 0 Å². The van der Waals surface area contributed by atoms with Crippen molar-refractivity contribution in [1.82, 2.24) is 20.5 Å². The number of methoxy groups -OCH3 is 1. The molecule has 1 fully saturated rings. The molecular weight excluding hydrogens is 494 g/mol. The summed E-state index contributed by atoms with van der Waals surface area (Å²) in [7, 11) is 3.45. The number of nitrogens with zero attached hydrogens (tertiary/aromatic N) is 2. The monoisotopic (exact) mass is 537 g/mol. The van der Waals surface area contributed by atoms with Crippen molar-refractivity contribution in [3.8, 4) is 11.8 Å². The molecule has 3 N–H and O–H groups in total. The van der Waals surface area contributed by atoms with Crippen LogP contribution >= 0.6 is 0 Å².